The van der Waals surface area contributed by atoms with E-state index in [1.807, 2.05) is 6.92 Å². The number of aromatic nitrogens is 2. The molecule has 2 atom stereocenters. The maximum absolute atomic E-state index is 12.1. The lowest BCUT2D eigenvalue weighted by Gasteiger charge is -2.24. The molecule has 1 N–H and O–H groups in total. The van der Waals surface area contributed by atoms with Crippen molar-refractivity contribution in [3.63, 3.8) is 0 Å². The Morgan fingerprint density at radius 3 is 2.94 bits per heavy atom. The predicted octanol–water partition coefficient (Wildman–Crippen LogP) is 0.973. The number of rotatable bonds is 2. The average molecular weight is 256 g/mol. The largest absolute Gasteiger partial charge is 0.394 e. The Bertz CT molecular complexity index is 410. The molecule has 1 saturated heterocycles. The van der Waals surface area contributed by atoms with E-state index in [1.165, 1.54) is 12.4 Å². The summed E-state index contributed by atoms with van der Waals surface area (Å²) < 4.78 is 0. The van der Waals surface area contributed by atoms with E-state index >= 15 is 0 Å². The van der Waals surface area contributed by atoms with Gasteiger partial charge in [0.1, 0.15) is 10.8 Å². The normalized spacial score (nSPS) is 24.1. The second-order valence-electron chi connectivity index (χ2n) is 4.24. The fourth-order valence-electron chi connectivity index (χ4n) is 2.11. The second kappa shape index (κ2) is 4.98. The first-order chi connectivity index (χ1) is 8.13. The van der Waals surface area contributed by atoms with E-state index in [9.17, 15) is 9.90 Å². The van der Waals surface area contributed by atoms with Gasteiger partial charge < -0.3 is 10.0 Å². The number of carbonyl (C=O) groups is 1. The molecule has 0 aliphatic carbocycles. The van der Waals surface area contributed by atoms with Crippen LogP contribution in [0.2, 0.25) is 5.15 Å². The third kappa shape index (κ3) is 2.40. The van der Waals surface area contributed by atoms with Gasteiger partial charge in [0.25, 0.3) is 5.91 Å². The molecule has 0 bridgehead atoms. The quantitative estimate of drug-likeness (QED) is 0.855. The van der Waals surface area contributed by atoms with Crippen LogP contribution in [0.4, 0.5) is 0 Å². The summed E-state index contributed by atoms with van der Waals surface area (Å²) >= 11 is 5.62. The van der Waals surface area contributed by atoms with Crippen molar-refractivity contribution in [1.29, 1.82) is 0 Å². The zero-order valence-corrected chi connectivity index (χ0v) is 10.3. The molecule has 1 fully saturated rings. The molecule has 2 rings (SSSR count). The van der Waals surface area contributed by atoms with E-state index in [0.29, 0.717) is 12.5 Å². The number of hydrogen-bond acceptors (Lipinski definition) is 4. The number of halogens is 1. The Hall–Kier alpha value is -1.20. The molecule has 0 saturated carbocycles. The first kappa shape index (κ1) is 12.3. The predicted molar refractivity (Wildman–Crippen MR) is 62.7 cm³/mol. The minimum absolute atomic E-state index is 0.0199. The van der Waals surface area contributed by atoms with Crippen molar-refractivity contribution >= 4 is 17.5 Å². The van der Waals surface area contributed by atoms with Crippen molar-refractivity contribution in [2.75, 3.05) is 13.2 Å². The highest BCUT2D eigenvalue weighted by Crippen LogP contribution is 2.24. The van der Waals surface area contributed by atoms with Gasteiger partial charge >= 0.3 is 0 Å². The third-order valence-corrected chi connectivity index (χ3v) is 3.37. The van der Waals surface area contributed by atoms with Crippen LogP contribution >= 0.6 is 11.6 Å². The van der Waals surface area contributed by atoms with Gasteiger partial charge in [0.05, 0.1) is 25.0 Å². The van der Waals surface area contributed by atoms with Crippen LogP contribution in [-0.4, -0.2) is 45.1 Å². The van der Waals surface area contributed by atoms with E-state index in [4.69, 9.17) is 11.6 Å². The van der Waals surface area contributed by atoms with Gasteiger partial charge in [-0.1, -0.05) is 18.5 Å². The topological polar surface area (TPSA) is 66.3 Å². The number of aliphatic hydroxyl groups excluding tert-OH is 1. The first-order valence-electron chi connectivity index (χ1n) is 5.53. The molecule has 5 nitrogen and oxygen atoms in total. The van der Waals surface area contributed by atoms with Crippen molar-refractivity contribution in [3.8, 4) is 0 Å². The Balaban J connectivity index is 2.17. The molecule has 1 aromatic rings. The summed E-state index contributed by atoms with van der Waals surface area (Å²) in [5.74, 6) is 0.113. The van der Waals surface area contributed by atoms with E-state index in [2.05, 4.69) is 9.97 Å². The number of hydrogen-bond donors (Lipinski definition) is 1. The van der Waals surface area contributed by atoms with Crippen LogP contribution in [0.25, 0.3) is 0 Å². The number of likely N-dealkylation sites (tertiary alicyclic amines) is 1. The van der Waals surface area contributed by atoms with E-state index in [1.54, 1.807) is 4.90 Å². The highest BCUT2D eigenvalue weighted by Gasteiger charge is 2.34. The second-order valence-corrected chi connectivity index (χ2v) is 4.63. The molecule has 2 unspecified atom stereocenters. The van der Waals surface area contributed by atoms with Crippen molar-refractivity contribution < 1.29 is 9.90 Å². The Morgan fingerprint density at radius 2 is 2.35 bits per heavy atom. The maximum Gasteiger partial charge on any atom is 0.274 e. The summed E-state index contributed by atoms with van der Waals surface area (Å²) in [7, 11) is 0. The summed E-state index contributed by atoms with van der Waals surface area (Å²) in [6.07, 6.45) is 3.61. The molecule has 17 heavy (non-hydrogen) atoms. The van der Waals surface area contributed by atoms with Gasteiger partial charge in [0, 0.05) is 6.54 Å². The lowest BCUT2D eigenvalue weighted by molar-refractivity contribution is 0.0642. The van der Waals surface area contributed by atoms with Crippen LogP contribution in [0.5, 0.6) is 0 Å². The highest BCUT2D eigenvalue weighted by molar-refractivity contribution is 6.29. The standard InChI is InChI=1S/C11H14ClN3O2/c1-7-2-3-15(9(7)6-16)11(17)8-4-14-10(12)5-13-8/h4-5,7,9,16H,2-3,6H2,1H3. The molecule has 0 aromatic carbocycles. The number of aliphatic hydroxyl groups is 1. The third-order valence-electron chi connectivity index (χ3n) is 3.17. The minimum atomic E-state index is -0.197. The zero-order chi connectivity index (χ0) is 12.4. The molecule has 0 radical (unpaired) electrons. The van der Waals surface area contributed by atoms with Crippen LogP contribution in [0.1, 0.15) is 23.8 Å². The molecular weight excluding hydrogens is 242 g/mol. The van der Waals surface area contributed by atoms with Gasteiger partial charge in [0.2, 0.25) is 0 Å². The monoisotopic (exact) mass is 255 g/mol. The maximum atomic E-state index is 12.1. The Morgan fingerprint density at radius 1 is 1.59 bits per heavy atom. The minimum Gasteiger partial charge on any atom is -0.394 e. The van der Waals surface area contributed by atoms with Crippen LogP contribution in [0, 0.1) is 5.92 Å². The van der Waals surface area contributed by atoms with E-state index in [-0.39, 0.29) is 29.4 Å². The molecule has 1 aliphatic heterocycles. The van der Waals surface area contributed by atoms with Crippen LogP contribution < -0.4 is 0 Å². The summed E-state index contributed by atoms with van der Waals surface area (Å²) in [4.78, 5) is 21.6. The lowest BCUT2D eigenvalue weighted by atomic mass is 10.0. The van der Waals surface area contributed by atoms with Gasteiger partial charge in [0.15, 0.2) is 0 Å². The molecule has 1 amide bonds. The van der Waals surface area contributed by atoms with Crippen molar-refractivity contribution in [2.24, 2.45) is 5.92 Å². The fourth-order valence-corrected chi connectivity index (χ4v) is 2.21. The van der Waals surface area contributed by atoms with Crippen LogP contribution in [-0.2, 0) is 0 Å². The SMILES string of the molecule is CC1CCN(C(=O)c2cnc(Cl)cn2)C1CO. The van der Waals surface area contributed by atoms with Gasteiger partial charge in [-0.2, -0.15) is 0 Å². The highest BCUT2D eigenvalue weighted by atomic mass is 35.5. The molecule has 1 aromatic heterocycles. The zero-order valence-electron chi connectivity index (χ0n) is 9.51. The van der Waals surface area contributed by atoms with Crippen LogP contribution in [0.15, 0.2) is 12.4 Å². The summed E-state index contributed by atoms with van der Waals surface area (Å²) in [5, 5.41) is 9.56. The number of nitrogens with zero attached hydrogens (tertiary/aromatic N) is 3. The van der Waals surface area contributed by atoms with Crippen molar-refractivity contribution in [2.45, 2.75) is 19.4 Å². The first-order valence-corrected chi connectivity index (χ1v) is 5.90. The van der Waals surface area contributed by atoms with Gasteiger partial charge in [-0.05, 0) is 12.3 Å². The molecule has 92 valence electrons. The molecule has 6 heteroatoms. The summed E-state index contributed by atoms with van der Waals surface area (Å²) in [6, 6.07) is -0.125. The summed E-state index contributed by atoms with van der Waals surface area (Å²) in [6.45, 7) is 2.66. The summed E-state index contributed by atoms with van der Waals surface area (Å²) in [5.41, 5.74) is 0.266. The van der Waals surface area contributed by atoms with Gasteiger partial charge in [-0.3, -0.25) is 4.79 Å². The fraction of sp³-hybridized carbons (Fsp3) is 0.545. The molecule has 1 aliphatic rings. The van der Waals surface area contributed by atoms with Gasteiger partial charge in [-0.15, -0.1) is 0 Å². The van der Waals surface area contributed by atoms with E-state index in [0.717, 1.165) is 6.42 Å². The van der Waals surface area contributed by atoms with Crippen molar-refractivity contribution in [1.82, 2.24) is 14.9 Å². The lowest BCUT2D eigenvalue weighted by Crippen LogP contribution is -2.40. The van der Waals surface area contributed by atoms with Crippen LogP contribution in [0.3, 0.4) is 0 Å². The number of carbonyl (C=O) groups excluding carboxylic acids is 1. The van der Waals surface area contributed by atoms with E-state index < -0.39 is 0 Å². The van der Waals surface area contributed by atoms with Crippen molar-refractivity contribution in [3.05, 3.63) is 23.2 Å². The van der Waals surface area contributed by atoms with Gasteiger partial charge in [-0.25, -0.2) is 9.97 Å². The Labute approximate surface area is 104 Å². The Kier molecular flexibility index (Phi) is 3.59. The molecule has 0 spiro atoms. The average Bonchev–Trinajstić information content (AvgIpc) is 2.70. The smallest absolute Gasteiger partial charge is 0.274 e. The number of amides is 1. The molecule has 2 heterocycles. The molecular formula is C11H14ClN3O2.